The number of anilines is 1. The van der Waals surface area contributed by atoms with Gasteiger partial charge in [-0.25, -0.2) is 0 Å². The van der Waals surface area contributed by atoms with E-state index in [4.69, 9.17) is 0 Å². The molecule has 6 nitrogen and oxygen atoms in total. The summed E-state index contributed by atoms with van der Waals surface area (Å²) in [4.78, 5) is 37.7. The largest absolute Gasteiger partial charge is 0.408 e. The number of benzene rings is 3. The Balaban J connectivity index is 1.46. The Kier molecular flexibility index (Phi) is 7.91. The minimum Gasteiger partial charge on any atom is -0.344 e. The van der Waals surface area contributed by atoms with E-state index >= 15 is 0 Å². The maximum absolute atomic E-state index is 13.0. The molecule has 1 heterocycles. The lowest BCUT2D eigenvalue weighted by atomic mass is 9.91. The highest BCUT2D eigenvalue weighted by Crippen LogP contribution is 2.30. The minimum absolute atomic E-state index is 0.174. The van der Waals surface area contributed by atoms with E-state index in [2.05, 4.69) is 10.6 Å². The highest BCUT2D eigenvalue weighted by Gasteiger charge is 2.46. The Hall–Kier alpha value is -4.14. The summed E-state index contributed by atoms with van der Waals surface area (Å²) >= 11 is 0. The van der Waals surface area contributed by atoms with Gasteiger partial charge in [0, 0.05) is 5.69 Å². The van der Waals surface area contributed by atoms with Crippen molar-refractivity contribution in [3.8, 4) is 0 Å². The summed E-state index contributed by atoms with van der Waals surface area (Å²) in [6.45, 7) is 0. The van der Waals surface area contributed by atoms with Crippen LogP contribution in [0.4, 0.5) is 18.9 Å². The van der Waals surface area contributed by atoms with Crippen molar-refractivity contribution in [2.75, 3.05) is 5.32 Å². The molecule has 0 saturated carbocycles. The van der Waals surface area contributed by atoms with Crippen molar-refractivity contribution in [1.82, 2.24) is 10.6 Å². The van der Waals surface area contributed by atoms with Crippen LogP contribution in [0.2, 0.25) is 0 Å². The second-order valence-corrected chi connectivity index (χ2v) is 8.92. The number of rotatable bonds is 7. The maximum Gasteiger partial charge on any atom is 0.408 e. The molecular weight excluding hydrogens is 483 g/mol. The number of carbonyl (C=O) groups excluding carboxylic acids is 3. The first-order chi connectivity index (χ1) is 17.7. The molecule has 3 aromatic carbocycles. The molecule has 3 atom stereocenters. The molecule has 1 saturated heterocycles. The average molecular weight is 510 g/mol. The first-order valence-electron chi connectivity index (χ1n) is 11.9. The van der Waals surface area contributed by atoms with E-state index in [1.54, 1.807) is 48.5 Å². The van der Waals surface area contributed by atoms with Crippen molar-refractivity contribution in [2.24, 2.45) is 5.92 Å². The van der Waals surface area contributed by atoms with E-state index in [1.165, 1.54) is 0 Å². The lowest BCUT2D eigenvalue weighted by molar-refractivity contribution is -0.171. The lowest BCUT2D eigenvalue weighted by Crippen LogP contribution is -2.54. The molecule has 0 bridgehead atoms. The number of hydrogen-bond donors (Lipinski definition) is 3. The monoisotopic (exact) mass is 509 g/mol. The van der Waals surface area contributed by atoms with Gasteiger partial charge in [0.15, 0.2) is 0 Å². The normalized spacial score (nSPS) is 18.4. The van der Waals surface area contributed by atoms with E-state index in [1.807, 2.05) is 41.7 Å². The third kappa shape index (κ3) is 6.75. The Morgan fingerprint density at radius 1 is 0.865 bits per heavy atom. The Labute approximate surface area is 212 Å². The molecule has 1 fully saturated rings. The molecule has 9 heteroatoms. The highest BCUT2D eigenvalue weighted by atomic mass is 19.4. The quantitative estimate of drug-likeness (QED) is 0.409. The molecule has 0 radical (unpaired) electrons. The van der Waals surface area contributed by atoms with Crippen LogP contribution >= 0.6 is 0 Å². The van der Waals surface area contributed by atoms with Crippen LogP contribution in [0.5, 0.6) is 0 Å². The zero-order chi connectivity index (χ0) is 26.4. The molecule has 37 heavy (non-hydrogen) atoms. The third-order valence-corrected chi connectivity index (χ3v) is 6.24. The van der Waals surface area contributed by atoms with Crippen LogP contribution in [0, 0.1) is 5.92 Å². The van der Waals surface area contributed by atoms with Crippen molar-refractivity contribution in [3.05, 3.63) is 102 Å². The fourth-order valence-electron chi connectivity index (χ4n) is 4.30. The highest BCUT2D eigenvalue weighted by molar-refractivity contribution is 6.01. The van der Waals surface area contributed by atoms with Crippen molar-refractivity contribution in [1.29, 1.82) is 0 Å². The molecule has 3 unspecified atom stereocenters. The molecule has 1 aliphatic rings. The van der Waals surface area contributed by atoms with Crippen molar-refractivity contribution in [3.63, 3.8) is 0 Å². The maximum atomic E-state index is 13.0. The molecule has 3 N–H and O–H groups in total. The van der Waals surface area contributed by atoms with Gasteiger partial charge in [0.1, 0.15) is 12.0 Å². The number of piperidine rings is 1. The zero-order valence-electron chi connectivity index (χ0n) is 19.8. The number of alkyl halides is 3. The van der Waals surface area contributed by atoms with Gasteiger partial charge < -0.3 is 16.0 Å². The summed E-state index contributed by atoms with van der Waals surface area (Å²) in [6, 6.07) is 22.7. The molecule has 0 aliphatic carbocycles. The number of hydrogen-bond acceptors (Lipinski definition) is 3. The minimum atomic E-state index is -4.55. The van der Waals surface area contributed by atoms with E-state index in [0.717, 1.165) is 11.1 Å². The van der Waals surface area contributed by atoms with Gasteiger partial charge in [-0.15, -0.1) is 0 Å². The fraction of sp³-hybridized carbons (Fsp3) is 0.250. The van der Waals surface area contributed by atoms with Crippen LogP contribution in [0.1, 0.15) is 35.6 Å². The molecule has 192 valence electrons. The molecule has 4 rings (SSSR count). The summed E-state index contributed by atoms with van der Waals surface area (Å²) in [5.41, 5.74) is 2.88. The molecule has 3 aromatic rings. The van der Waals surface area contributed by atoms with Gasteiger partial charge in [-0.1, -0.05) is 72.8 Å². The van der Waals surface area contributed by atoms with Gasteiger partial charge in [-0.2, -0.15) is 13.2 Å². The molecule has 0 spiro atoms. The van der Waals surface area contributed by atoms with Gasteiger partial charge in [0.05, 0.1) is 12.5 Å². The molecule has 0 aromatic heterocycles. The predicted octanol–water partition coefficient (Wildman–Crippen LogP) is 4.53. The van der Waals surface area contributed by atoms with E-state index in [-0.39, 0.29) is 25.2 Å². The van der Waals surface area contributed by atoms with Gasteiger partial charge >= 0.3 is 6.18 Å². The topological polar surface area (TPSA) is 87.3 Å². The first-order valence-corrected chi connectivity index (χ1v) is 11.9. The standard InChI is InChI=1S/C28H26F3N3O3/c29-28(30,31)23-16-15-22(26(36)33-23)27(37)34-25(19-9-5-2-6-10-19)20-11-13-21(14-12-20)32-24(35)17-18-7-3-1-4-8-18/h1-14,22-23,25H,15-17H2,(H,32,35)(H,33,36)(H,34,37). The van der Waals surface area contributed by atoms with Crippen LogP contribution in [0.3, 0.4) is 0 Å². The van der Waals surface area contributed by atoms with Crippen LogP contribution in [-0.2, 0) is 20.8 Å². The Bertz CT molecular complexity index is 1230. The van der Waals surface area contributed by atoms with Crippen LogP contribution in [0.15, 0.2) is 84.9 Å². The van der Waals surface area contributed by atoms with E-state index in [9.17, 15) is 27.6 Å². The molecule has 3 amide bonds. The molecular formula is C28H26F3N3O3. The van der Waals surface area contributed by atoms with Crippen molar-refractivity contribution < 1.29 is 27.6 Å². The van der Waals surface area contributed by atoms with Crippen LogP contribution < -0.4 is 16.0 Å². The smallest absolute Gasteiger partial charge is 0.344 e. The summed E-state index contributed by atoms with van der Waals surface area (Å²) in [5, 5.41) is 7.59. The number of halogens is 3. The van der Waals surface area contributed by atoms with Gasteiger partial charge in [0.2, 0.25) is 17.7 Å². The summed E-state index contributed by atoms with van der Waals surface area (Å²) in [6.07, 6.45) is -4.89. The molecule has 1 aliphatic heterocycles. The summed E-state index contributed by atoms with van der Waals surface area (Å²) in [5.74, 6) is -2.98. The Morgan fingerprint density at radius 3 is 2.05 bits per heavy atom. The van der Waals surface area contributed by atoms with Gasteiger partial charge in [-0.05, 0) is 41.7 Å². The third-order valence-electron chi connectivity index (χ3n) is 6.24. The summed E-state index contributed by atoms with van der Waals surface area (Å²) < 4.78 is 38.9. The number of nitrogens with one attached hydrogen (secondary N) is 3. The van der Waals surface area contributed by atoms with Crippen LogP contribution in [-0.4, -0.2) is 29.9 Å². The van der Waals surface area contributed by atoms with E-state index in [0.29, 0.717) is 11.3 Å². The average Bonchev–Trinajstić information content (AvgIpc) is 2.88. The zero-order valence-corrected chi connectivity index (χ0v) is 19.8. The SMILES string of the molecule is O=C(Cc1ccccc1)Nc1ccc(C(NC(=O)C2CCC(C(F)(F)F)NC2=O)c2ccccc2)cc1. The second-order valence-electron chi connectivity index (χ2n) is 8.92. The van der Waals surface area contributed by atoms with Crippen LogP contribution in [0.25, 0.3) is 0 Å². The fourth-order valence-corrected chi connectivity index (χ4v) is 4.30. The predicted molar refractivity (Wildman–Crippen MR) is 132 cm³/mol. The van der Waals surface area contributed by atoms with E-state index < -0.39 is 36.0 Å². The van der Waals surface area contributed by atoms with Gasteiger partial charge in [-0.3, -0.25) is 14.4 Å². The van der Waals surface area contributed by atoms with Crippen molar-refractivity contribution in [2.45, 2.75) is 37.5 Å². The number of amides is 3. The van der Waals surface area contributed by atoms with Gasteiger partial charge in [0.25, 0.3) is 0 Å². The first kappa shape index (κ1) is 25.9. The second kappa shape index (κ2) is 11.3. The summed E-state index contributed by atoms with van der Waals surface area (Å²) in [7, 11) is 0. The lowest BCUT2D eigenvalue weighted by Gasteiger charge is -2.31. The Morgan fingerprint density at radius 2 is 1.46 bits per heavy atom. The number of carbonyl (C=O) groups is 3. The van der Waals surface area contributed by atoms with Crippen molar-refractivity contribution >= 4 is 23.4 Å².